The molecule has 1 amide bonds. The lowest BCUT2D eigenvalue weighted by atomic mass is 9.84. The summed E-state index contributed by atoms with van der Waals surface area (Å²) in [5.41, 5.74) is 4.47. The maximum absolute atomic E-state index is 13.5. The average Bonchev–Trinajstić information content (AvgIpc) is 3.43. The molecule has 4 heteroatoms. The number of hydrogen-bond donors (Lipinski definition) is 1. The zero-order chi connectivity index (χ0) is 22.2. The van der Waals surface area contributed by atoms with E-state index in [1.807, 2.05) is 43.3 Å². The van der Waals surface area contributed by atoms with Crippen LogP contribution >= 0.6 is 0 Å². The second-order valence-electron chi connectivity index (χ2n) is 9.63. The standard InChI is InChI=1S/C28H32N2O2/c1-4-32-22-10-8-20(9-11-22)27-16-25(24-13-17(2)5-12-26(24)30-27)28(31)29-18(3)23-15-19-6-7-21(23)14-19/h5,8-13,16,18-19,21,23H,4,6-7,14-15H2,1-3H3,(H,29,31)/t18-,19+,21+,23-/m1/s1. The smallest absolute Gasteiger partial charge is 0.252 e. The third-order valence-electron chi connectivity index (χ3n) is 7.46. The minimum Gasteiger partial charge on any atom is -0.494 e. The van der Waals surface area contributed by atoms with E-state index in [1.54, 1.807) is 0 Å². The van der Waals surface area contributed by atoms with Gasteiger partial charge >= 0.3 is 0 Å². The zero-order valence-corrected chi connectivity index (χ0v) is 19.2. The predicted octanol–water partition coefficient (Wildman–Crippen LogP) is 6.16. The average molecular weight is 429 g/mol. The van der Waals surface area contributed by atoms with Gasteiger partial charge in [0.2, 0.25) is 0 Å². The molecule has 32 heavy (non-hydrogen) atoms. The number of nitrogens with one attached hydrogen (secondary N) is 1. The summed E-state index contributed by atoms with van der Waals surface area (Å²) in [6, 6.07) is 16.2. The highest BCUT2D eigenvalue weighted by atomic mass is 16.5. The van der Waals surface area contributed by atoms with Gasteiger partial charge < -0.3 is 10.1 Å². The zero-order valence-electron chi connectivity index (χ0n) is 19.2. The van der Waals surface area contributed by atoms with Gasteiger partial charge in [0.05, 0.1) is 23.4 Å². The van der Waals surface area contributed by atoms with Gasteiger partial charge in [-0.25, -0.2) is 4.98 Å². The molecule has 1 N–H and O–H groups in total. The van der Waals surface area contributed by atoms with E-state index >= 15 is 0 Å². The van der Waals surface area contributed by atoms with Gasteiger partial charge in [-0.3, -0.25) is 4.79 Å². The normalized spacial score (nSPS) is 22.8. The van der Waals surface area contributed by atoms with Crippen molar-refractivity contribution in [2.45, 2.75) is 52.5 Å². The molecule has 2 aliphatic carbocycles. The first-order chi connectivity index (χ1) is 15.5. The SMILES string of the molecule is CCOc1ccc(-c2cc(C(=O)N[C@H](C)[C@H]3C[C@H]4CC[C@H]3C4)c3cc(C)ccc3n2)cc1. The summed E-state index contributed by atoms with van der Waals surface area (Å²) < 4.78 is 5.57. The quantitative estimate of drug-likeness (QED) is 0.511. The molecule has 3 aromatic rings. The second kappa shape index (κ2) is 8.57. The number of benzene rings is 2. The van der Waals surface area contributed by atoms with Crippen LogP contribution in [0.5, 0.6) is 5.75 Å². The third-order valence-corrected chi connectivity index (χ3v) is 7.46. The highest BCUT2D eigenvalue weighted by Crippen LogP contribution is 2.49. The Bertz CT molecular complexity index is 1140. The van der Waals surface area contributed by atoms with Crippen molar-refractivity contribution in [2.24, 2.45) is 17.8 Å². The molecule has 0 unspecified atom stereocenters. The van der Waals surface area contributed by atoms with Crippen LogP contribution in [-0.4, -0.2) is 23.5 Å². The van der Waals surface area contributed by atoms with E-state index in [9.17, 15) is 4.79 Å². The largest absolute Gasteiger partial charge is 0.494 e. The molecule has 4 atom stereocenters. The third kappa shape index (κ3) is 3.99. The first-order valence-corrected chi connectivity index (χ1v) is 12.0. The van der Waals surface area contributed by atoms with E-state index in [2.05, 4.69) is 31.3 Å². The van der Waals surface area contributed by atoms with Crippen LogP contribution < -0.4 is 10.1 Å². The van der Waals surface area contributed by atoms with Crippen LogP contribution in [0.15, 0.2) is 48.5 Å². The fourth-order valence-corrected chi connectivity index (χ4v) is 5.86. The summed E-state index contributed by atoms with van der Waals surface area (Å²) in [7, 11) is 0. The summed E-state index contributed by atoms with van der Waals surface area (Å²) >= 11 is 0. The highest BCUT2D eigenvalue weighted by molar-refractivity contribution is 6.07. The Balaban J connectivity index is 1.47. The highest BCUT2D eigenvalue weighted by Gasteiger charge is 2.42. The summed E-state index contributed by atoms with van der Waals surface area (Å²) in [5, 5.41) is 4.27. The number of aromatic nitrogens is 1. The summed E-state index contributed by atoms with van der Waals surface area (Å²) in [6.07, 6.45) is 5.32. The number of amides is 1. The first kappa shape index (κ1) is 21.0. The van der Waals surface area contributed by atoms with E-state index in [-0.39, 0.29) is 11.9 Å². The topological polar surface area (TPSA) is 51.2 Å². The number of nitrogens with zero attached hydrogens (tertiary/aromatic N) is 1. The van der Waals surface area contributed by atoms with Gasteiger partial charge in [0.1, 0.15) is 5.75 Å². The molecule has 0 saturated heterocycles. The van der Waals surface area contributed by atoms with Crippen molar-refractivity contribution < 1.29 is 9.53 Å². The molecule has 0 spiro atoms. The van der Waals surface area contributed by atoms with Crippen LogP contribution in [0.2, 0.25) is 0 Å². The molecular formula is C28H32N2O2. The molecular weight excluding hydrogens is 396 g/mol. The Hall–Kier alpha value is -2.88. The maximum atomic E-state index is 13.5. The number of carbonyl (C=O) groups excluding carboxylic acids is 1. The molecule has 1 aromatic heterocycles. The number of rotatable bonds is 6. The van der Waals surface area contributed by atoms with Crippen LogP contribution in [-0.2, 0) is 0 Å². The van der Waals surface area contributed by atoms with Crippen LogP contribution in [0.4, 0.5) is 0 Å². The molecule has 2 aromatic carbocycles. The Morgan fingerprint density at radius 2 is 1.94 bits per heavy atom. The summed E-state index contributed by atoms with van der Waals surface area (Å²) in [5.74, 6) is 3.11. The number of fused-ring (bicyclic) bond motifs is 3. The lowest BCUT2D eigenvalue weighted by Gasteiger charge is -2.28. The number of hydrogen-bond acceptors (Lipinski definition) is 3. The molecule has 2 fully saturated rings. The van der Waals surface area contributed by atoms with Crippen LogP contribution in [0.3, 0.4) is 0 Å². The monoisotopic (exact) mass is 428 g/mol. The molecule has 0 aliphatic heterocycles. The number of carbonyl (C=O) groups is 1. The molecule has 2 bridgehead atoms. The number of aryl methyl sites for hydroxylation is 1. The Kier molecular flexibility index (Phi) is 5.62. The molecule has 5 rings (SSSR count). The van der Waals surface area contributed by atoms with Crippen molar-refractivity contribution in [2.75, 3.05) is 6.61 Å². The van der Waals surface area contributed by atoms with E-state index < -0.39 is 0 Å². The fourth-order valence-electron chi connectivity index (χ4n) is 5.86. The van der Waals surface area contributed by atoms with Crippen LogP contribution in [0.1, 0.15) is 55.5 Å². The minimum atomic E-state index is 0.00506. The molecule has 0 radical (unpaired) electrons. The van der Waals surface area contributed by atoms with Crippen molar-refractivity contribution in [1.29, 1.82) is 0 Å². The predicted molar refractivity (Wildman–Crippen MR) is 129 cm³/mol. The van der Waals surface area contributed by atoms with Crippen LogP contribution in [0, 0.1) is 24.7 Å². The molecule has 2 aliphatic rings. The van der Waals surface area contributed by atoms with Gasteiger partial charge in [-0.15, -0.1) is 0 Å². The Labute approximate surface area is 190 Å². The maximum Gasteiger partial charge on any atom is 0.252 e. The van der Waals surface area contributed by atoms with Gasteiger partial charge in [-0.2, -0.15) is 0 Å². The lowest BCUT2D eigenvalue weighted by Crippen LogP contribution is -2.40. The van der Waals surface area contributed by atoms with Gasteiger partial charge in [0, 0.05) is 17.0 Å². The van der Waals surface area contributed by atoms with Gasteiger partial charge in [-0.1, -0.05) is 18.1 Å². The van der Waals surface area contributed by atoms with Crippen molar-refractivity contribution in [3.63, 3.8) is 0 Å². The van der Waals surface area contributed by atoms with E-state index in [4.69, 9.17) is 9.72 Å². The number of ether oxygens (including phenoxy) is 1. The Morgan fingerprint density at radius 1 is 1.12 bits per heavy atom. The number of pyridine rings is 1. The first-order valence-electron chi connectivity index (χ1n) is 12.0. The summed E-state index contributed by atoms with van der Waals surface area (Å²) in [6.45, 7) is 6.85. The molecule has 2 saturated carbocycles. The molecule has 4 nitrogen and oxygen atoms in total. The van der Waals surface area contributed by atoms with Gasteiger partial charge in [-0.05, 0) is 100 Å². The lowest BCUT2D eigenvalue weighted by molar-refractivity contribution is 0.0917. The van der Waals surface area contributed by atoms with Crippen molar-refractivity contribution in [3.8, 4) is 17.0 Å². The molecule has 166 valence electrons. The van der Waals surface area contributed by atoms with E-state index in [1.165, 1.54) is 25.7 Å². The van der Waals surface area contributed by atoms with Crippen molar-refractivity contribution >= 4 is 16.8 Å². The Morgan fingerprint density at radius 3 is 2.62 bits per heavy atom. The van der Waals surface area contributed by atoms with Crippen molar-refractivity contribution in [3.05, 3.63) is 59.7 Å². The minimum absolute atomic E-state index is 0.00506. The van der Waals surface area contributed by atoms with Crippen molar-refractivity contribution in [1.82, 2.24) is 10.3 Å². The fraction of sp³-hybridized carbons (Fsp3) is 0.429. The molecule has 1 heterocycles. The van der Waals surface area contributed by atoms with Gasteiger partial charge in [0.15, 0.2) is 0 Å². The van der Waals surface area contributed by atoms with E-state index in [0.717, 1.165) is 45.3 Å². The van der Waals surface area contributed by atoms with Crippen LogP contribution in [0.25, 0.3) is 22.2 Å². The van der Waals surface area contributed by atoms with E-state index in [0.29, 0.717) is 18.1 Å². The summed E-state index contributed by atoms with van der Waals surface area (Å²) in [4.78, 5) is 18.4. The second-order valence-corrected chi connectivity index (χ2v) is 9.63. The van der Waals surface area contributed by atoms with Gasteiger partial charge in [0.25, 0.3) is 5.91 Å².